The maximum Gasteiger partial charge on any atom is 0.223 e. The van der Waals surface area contributed by atoms with Crippen LogP contribution in [0, 0.1) is 23.7 Å². The van der Waals surface area contributed by atoms with Crippen LogP contribution in [0.2, 0.25) is 0 Å². The maximum absolute atomic E-state index is 12.8. The first kappa shape index (κ1) is 22.3. The fourth-order valence-corrected chi connectivity index (χ4v) is 5.75. The highest BCUT2D eigenvalue weighted by atomic mass is 16.2. The quantitative estimate of drug-likeness (QED) is 0.688. The topological polar surface area (TPSA) is 52.7 Å². The highest BCUT2D eigenvalue weighted by molar-refractivity contribution is 5.79. The molecule has 1 aromatic carbocycles. The average molecular weight is 426 g/mol. The zero-order chi connectivity index (χ0) is 21.8. The van der Waals surface area contributed by atoms with Gasteiger partial charge in [0.25, 0.3) is 0 Å². The van der Waals surface area contributed by atoms with Crippen LogP contribution in [0.15, 0.2) is 30.3 Å². The van der Waals surface area contributed by atoms with Crippen LogP contribution in [0.5, 0.6) is 0 Å². The van der Waals surface area contributed by atoms with E-state index in [1.54, 1.807) is 0 Å². The Morgan fingerprint density at radius 2 is 1.65 bits per heavy atom. The van der Waals surface area contributed by atoms with Gasteiger partial charge in [-0.1, -0.05) is 57.0 Å². The van der Waals surface area contributed by atoms with E-state index in [1.807, 2.05) is 6.07 Å². The van der Waals surface area contributed by atoms with E-state index in [-0.39, 0.29) is 17.9 Å². The molecule has 0 bridgehead atoms. The number of hydrogen-bond acceptors (Lipinski definition) is 3. The number of amides is 2. The van der Waals surface area contributed by atoms with Gasteiger partial charge in [-0.25, -0.2) is 0 Å². The highest BCUT2D eigenvalue weighted by Gasteiger charge is 2.41. The third-order valence-electron chi connectivity index (χ3n) is 7.48. The van der Waals surface area contributed by atoms with Crippen LogP contribution in [-0.4, -0.2) is 54.3 Å². The molecular formula is C26H39N3O2. The van der Waals surface area contributed by atoms with Crippen molar-refractivity contribution in [2.75, 3.05) is 32.7 Å². The summed E-state index contributed by atoms with van der Waals surface area (Å²) in [4.78, 5) is 29.9. The van der Waals surface area contributed by atoms with Crippen molar-refractivity contribution in [2.45, 2.75) is 58.4 Å². The Labute approximate surface area is 187 Å². The molecule has 4 rings (SSSR count). The van der Waals surface area contributed by atoms with Crippen molar-refractivity contribution in [1.82, 2.24) is 15.1 Å². The Morgan fingerprint density at radius 1 is 1.00 bits per heavy atom. The number of hydrogen-bond donors (Lipinski definition) is 1. The van der Waals surface area contributed by atoms with Gasteiger partial charge in [-0.05, 0) is 42.6 Å². The van der Waals surface area contributed by atoms with E-state index in [0.717, 1.165) is 52.0 Å². The van der Waals surface area contributed by atoms with E-state index < -0.39 is 0 Å². The smallest absolute Gasteiger partial charge is 0.223 e. The van der Waals surface area contributed by atoms with Crippen molar-refractivity contribution in [3.8, 4) is 0 Å². The second kappa shape index (κ2) is 10.2. The predicted octanol–water partition coefficient (Wildman–Crippen LogP) is 3.86. The Bertz CT molecular complexity index is 730. The molecule has 170 valence electrons. The van der Waals surface area contributed by atoms with Crippen molar-refractivity contribution in [3.63, 3.8) is 0 Å². The second-order valence-corrected chi connectivity index (χ2v) is 10.4. The van der Waals surface area contributed by atoms with Gasteiger partial charge in [0.15, 0.2) is 0 Å². The van der Waals surface area contributed by atoms with E-state index in [1.165, 1.54) is 18.4 Å². The first-order valence-electron chi connectivity index (χ1n) is 12.3. The highest BCUT2D eigenvalue weighted by Crippen LogP contribution is 2.33. The number of nitrogens with one attached hydrogen (secondary N) is 1. The lowest BCUT2D eigenvalue weighted by Crippen LogP contribution is -2.36. The fraction of sp³-hybridized carbons (Fsp3) is 0.692. The van der Waals surface area contributed by atoms with Crippen LogP contribution in [0.1, 0.15) is 64.0 Å². The molecule has 3 atom stereocenters. The monoisotopic (exact) mass is 425 g/mol. The summed E-state index contributed by atoms with van der Waals surface area (Å²) in [5.74, 6) is 2.42. The Kier molecular flexibility index (Phi) is 7.31. The summed E-state index contributed by atoms with van der Waals surface area (Å²) in [5.41, 5.74) is 1.21. The van der Waals surface area contributed by atoms with Crippen molar-refractivity contribution in [2.24, 2.45) is 23.7 Å². The van der Waals surface area contributed by atoms with Crippen LogP contribution < -0.4 is 5.32 Å². The molecule has 2 saturated heterocycles. The zero-order valence-corrected chi connectivity index (χ0v) is 19.3. The van der Waals surface area contributed by atoms with E-state index in [2.05, 4.69) is 53.2 Å². The summed E-state index contributed by atoms with van der Waals surface area (Å²) in [6.07, 6.45) is 6.05. The molecule has 5 nitrogen and oxygen atoms in total. The Morgan fingerprint density at radius 3 is 2.26 bits per heavy atom. The normalized spacial score (nSPS) is 25.2. The molecule has 1 aromatic rings. The lowest BCUT2D eigenvalue weighted by atomic mass is 10.0. The molecular weight excluding hydrogens is 386 g/mol. The molecule has 1 saturated carbocycles. The first-order chi connectivity index (χ1) is 15.0. The lowest BCUT2D eigenvalue weighted by molar-refractivity contribution is -0.131. The van der Waals surface area contributed by atoms with Gasteiger partial charge in [-0.3, -0.25) is 9.59 Å². The summed E-state index contributed by atoms with van der Waals surface area (Å²) in [6, 6.07) is 10.5. The van der Waals surface area contributed by atoms with Gasteiger partial charge in [0.1, 0.15) is 0 Å². The molecule has 0 spiro atoms. The molecule has 3 aliphatic rings. The summed E-state index contributed by atoms with van der Waals surface area (Å²) in [5, 5.41) is 3.37. The molecule has 2 unspecified atom stereocenters. The predicted molar refractivity (Wildman–Crippen MR) is 123 cm³/mol. The van der Waals surface area contributed by atoms with E-state index >= 15 is 0 Å². The van der Waals surface area contributed by atoms with Gasteiger partial charge in [-0.2, -0.15) is 0 Å². The summed E-state index contributed by atoms with van der Waals surface area (Å²) in [6.45, 7) is 9.23. The van der Waals surface area contributed by atoms with Gasteiger partial charge in [0.05, 0.1) is 6.04 Å². The number of benzene rings is 1. The minimum absolute atomic E-state index is 0.0823. The van der Waals surface area contributed by atoms with Crippen molar-refractivity contribution < 1.29 is 9.59 Å². The van der Waals surface area contributed by atoms with Crippen molar-refractivity contribution >= 4 is 11.8 Å². The number of carbonyl (C=O) groups is 2. The molecule has 1 N–H and O–H groups in total. The number of carbonyl (C=O) groups excluding carboxylic acids is 2. The van der Waals surface area contributed by atoms with Crippen LogP contribution in [0.25, 0.3) is 0 Å². The summed E-state index contributed by atoms with van der Waals surface area (Å²) < 4.78 is 0. The molecule has 3 fully saturated rings. The zero-order valence-electron chi connectivity index (χ0n) is 19.3. The van der Waals surface area contributed by atoms with Gasteiger partial charge in [0, 0.05) is 45.1 Å². The minimum Gasteiger partial charge on any atom is -0.349 e. The first-order valence-corrected chi connectivity index (χ1v) is 12.3. The van der Waals surface area contributed by atoms with Crippen LogP contribution in [-0.2, 0) is 9.59 Å². The molecule has 0 radical (unpaired) electrons. The third-order valence-corrected chi connectivity index (χ3v) is 7.48. The maximum atomic E-state index is 12.8. The van der Waals surface area contributed by atoms with Crippen LogP contribution in [0.4, 0.5) is 0 Å². The molecule has 0 aromatic heterocycles. The van der Waals surface area contributed by atoms with Crippen molar-refractivity contribution in [3.05, 3.63) is 35.9 Å². The minimum atomic E-state index is 0.0823. The van der Waals surface area contributed by atoms with E-state index in [4.69, 9.17) is 0 Å². The lowest BCUT2D eigenvalue weighted by Gasteiger charge is -2.26. The standard InChI is InChI=1S/C26H39N3O2/c1-19(2)14-25(30)29-17-22-15-28(16-23(22)18-29)13-12-24(20-8-4-3-5-9-20)27-26(31)21-10-6-7-11-21/h3-5,8-9,19,21-24H,6-7,10-18H2,1-2H3,(H,27,31)/t22-,23?,24?/m0/s1. The van der Waals surface area contributed by atoms with Gasteiger partial charge < -0.3 is 15.1 Å². The van der Waals surface area contributed by atoms with Gasteiger partial charge >= 0.3 is 0 Å². The van der Waals surface area contributed by atoms with E-state index in [0.29, 0.717) is 30.1 Å². The summed E-state index contributed by atoms with van der Waals surface area (Å²) >= 11 is 0. The van der Waals surface area contributed by atoms with Gasteiger partial charge in [-0.15, -0.1) is 0 Å². The Hall–Kier alpha value is -1.88. The molecule has 5 heteroatoms. The van der Waals surface area contributed by atoms with Crippen LogP contribution >= 0.6 is 0 Å². The third kappa shape index (κ3) is 5.68. The molecule has 2 heterocycles. The van der Waals surface area contributed by atoms with E-state index in [9.17, 15) is 9.59 Å². The average Bonchev–Trinajstić information content (AvgIpc) is 3.47. The molecule has 31 heavy (non-hydrogen) atoms. The van der Waals surface area contributed by atoms with Gasteiger partial charge in [0.2, 0.25) is 11.8 Å². The summed E-state index contributed by atoms with van der Waals surface area (Å²) in [7, 11) is 0. The molecule has 1 aliphatic carbocycles. The number of fused-ring (bicyclic) bond motifs is 1. The fourth-order valence-electron chi connectivity index (χ4n) is 5.75. The molecule has 2 aliphatic heterocycles. The van der Waals surface area contributed by atoms with Crippen LogP contribution in [0.3, 0.4) is 0 Å². The molecule has 2 amide bonds. The Balaban J connectivity index is 1.29. The number of likely N-dealkylation sites (tertiary alicyclic amines) is 2. The number of rotatable bonds is 8. The number of nitrogens with zero attached hydrogens (tertiary/aromatic N) is 2. The van der Waals surface area contributed by atoms with Crippen molar-refractivity contribution in [1.29, 1.82) is 0 Å². The largest absolute Gasteiger partial charge is 0.349 e. The second-order valence-electron chi connectivity index (χ2n) is 10.4. The SMILES string of the molecule is CC(C)CC(=O)N1CC2CN(CCC(NC(=O)C3CCCC3)c3ccccc3)C[C@H]2C1.